The van der Waals surface area contributed by atoms with Crippen LogP contribution in [0.2, 0.25) is 0 Å². The van der Waals surface area contributed by atoms with Crippen molar-refractivity contribution in [2.45, 2.75) is 20.3 Å². The highest BCUT2D eigenvalue weighted by molar-refractivity contribution is 5.56. The second-order valence-electron chi connectivity index (χ2n) is 3.54. The first-order valence-electron chi connectivity index (χ1n) is 5.16. The largest absolute Gasteiger partial charge is 0.496 e. The molecule has 15 heavy (non-hydrogen) atoms. The van der Waals surface area contributed by atoms with Crippen LogP contribution in [0.5, 0.6) is 5.75 Å². The van der Waals surface area contributed by atoms with Crippen LogP contribution >= 0.6 is 0 Å². The van der Waals surface area contributed by atoms with Crippen LogP contribution in [0.4, 0.5) is 0 Å². The molecule has 0 aliphatic carbocycles. The van der Waals surface area contributed by atoms with E-state index < -0.39 is 0 Å². The van der Waals surface area contributed by atoms with Crippen LogP contribution in [0.1, 0.15) is 24.5 Å². The summed E-state index contributed by atoms with van der Waals surface area (Å²) in [6.07, 6.45) is 2.90. The topological polar surface area (TPSA) is 29.5 Å². The third-order valence-corrected chi connectivity index (χ3v) is 2.45. The molecule has 0 saturated carbocycles. The first-order chi connectivity index (χ1) is 7.21. The van der Waals surface area contributed by atoms with Gasteiger partial charge in [-0.2, -0.15) is 0 Å². The molecule has 0 aromatic heterocycles. The fraction of sp³-hybridized carbons (Fsp3) is 0.385. The van der Waals surface area contributed by atoms with Crippen LogP contribution in [0, 0.1) is 6.92 Å². The number of aliphatic hydroxyl groups is 1. The van der Waals surface area contributed by atoms with Crippen molar-refractivity contribution in [1.82, 2.24) is 0 Å². The zero-order valence-electron chi connectivity index (χ0n) is 9.58. The Hall–Kier alpha value is -1.28. The molecule has 0 amide bonds. The van der Waals surface area contributed by atoms with E-state index in [1.165, 1.54) is 0 Å². The van der Waals surface area contributed by atoms with Gasteiger partial charge in [-0.25, -0.2) is 0 Å². The average molecular weight is 206 g/mol. The van der Waals surface area contributed by atoms with E-state index in [2.05, 4.69) is 6.07 Å². The standard InChI is InChI=1S/C13H18O2/c1-4-11(9-14)8-12-5-6-13(15-3)10(2)7-12/h5-8,14H,4,9H2,1-3H3. The average Bonchev–Trinajstić information content (AvgIpc) is 2.26. The summed E-state index contributed by atoms with van der Waals surface area (Å²) < 4.78 is 5.19. The first-order valence-corrected chi connectivity index (χ1v) is 5.16. The van der Waals surface area contributed by atoms with Crippen LogP contribution < -0.4 is 4.74 Å². The van der Waals surface area contributed by atoms with Gasteiger partial charge in [-0.05, 0) is 42.2 Å². The van der Waals surface area contributed by atoms with Crippen molar-refractivity contribution in [3.63, 3.8) is 0 Å². The van der Waals surface area contributed by atoms with Gasteiger partial charge >= 0.3 is 0 Å². The molecular formula is C13H18O2. The fourth-order valence-electron chi connectivity index (χ4n) is 1.49. The maximum absolute atomic E-state index is 9.06. The Bertz CT molecular complexity index is 348. The molecule has 0 radical (unpaired) electrons. The predicted octanol–water partition coefficient (Wildman–Crippen LogP) is 2.79. The summed E-state index contributed by atoms with van der Waals surface area (Å²) in [4.78, 5) is 0. The normalized spacial score (nSPS) is 11.6. The Morgan fingerprint density at radius 1 is 1.47 bits per heavy atom. The Labute approximate surface area is 91.2 Å². The SMILES string of the molecule is CCC(=Cc1ccc(OC)c(C)c1)CO. The molecule has 1 N–H and O–H groups in total. The van der Waals surface area contributed by atoms with Gasteiger partial charge in [-0.15, -0.1) is 0 Å². The van der Waals surface area contributed by atoms with E-state index in [1.807, 2.05) is 32.1 Å². The Balaban J connectivity index is 2.97. The number of aliphatic hydroxyl groups excluding tert-OH is 1. The molecule has 0 spiro atoms. The highest BCUT2D eigenvalue weighted by Crippen LogP contribution is 2.20. The molecule has 1 aromatic rings. The predicted molar refractivity (Wildman–Crippen MR) is 63.1 cm³/mol. The van der Waals surface area contributed by atoms with Crippen molar-refractivity contribution in [3.05, 3.63) is 34.9 Å². The van der Waals surface area contributed by atoms with Crippen molar-refractivity contribution < 1.29 is 9.84 Å². The summed E-state index contributed by atoms with van der Waals surface area (Å²) in [5.74, 6) is 0.897. The summed E-state index contributed by atoms with van der Waals surface area (Å²) in [6.45, 7) is 4.18. The van der Waals surface area contributed by atoms with E-state index in [9.17, 15) is 0 Å². The van der Waals surface area contributed by atoms with Crippen molar-refractivity contribution in [2.24, 2.45) is 0 Å². The number of benzene rings is 1. The summed E-state index contributed by atoms with van der Waals surface area (Å²) in [6, 6.07) is 6.01. The number of hydrogen-bond acceptors (Lipinski definition) is 2. The van der Waals surface area contributed by atoms with Gasteiger partial charge in [0.25, 0.3) is 0 Å². The molecule has 2 nitrogen and oxygen atoms in total. The highest BCUT2D eigenvalue weighted by Gasteiger charge is 1.99. The Morgan fingerprint density at radius 3 is 2.67 bits per heavy atom. The van der Waals surface area contributed by atoms with Gasteiger partial charge < -0.3 is 9.84 Å². The van der Waals surface area contributed by atoms with E-state index >= 15 is 0 Å². The molecule has 82 valence electrons. The van der Waals surface area contributed by atoms with Gasteiger partial charge in [0, 0.05) is 0 Å². The molecule has 0 fully saturated rings. The molecule has 0 aliphatic rings. The van der Waals surface area contributed by atoms with Gasteiger partial charge in [-0.1, -0.05) is 19.1 Å². The van der Waals surface area contributed by atoms with Crippen LogP contribution in [0.3, 0.4) is 0 Å². The van der Waals surface area contributed by atoms with Crippen molar-refractivity contribution in [3.8, 4) is 5.75 Å². The van der Waals surface area contributed by atoms with Gasteiger partial charge in [0.2, 0.25) is 0 Å². The fourth-order valence-corrected chi connectivity index (χ4v) is 1.49. The van der Waals surface area contributed by atoms with Crippen LogP contribution in [-0.4, -0.2) is 18.8 Å². The Kier molecular flexibility index (Phi) is 4.37. The summed E-state index contributed by atoms with van der Waals surface area (Å²) in [5, 5.41) is 9.06. The molecule has 0 saturated heterocycles. The summed E-state index contributed by atoms with van der Waals surface area (Å²) >= 11 is 0. The van der Waals surface area contributed by atoms with Crippen LogP contribution in [0.15, 0.2) is 23.8 Å². The van der Waals surface area contributed by atoms with Gasteiger partial charge in [0.1, 0.15) is 5.75 Å². The zero-order chi connectivity index (χ0) is 11.3. The summed E-state index contributed by atoms with van der Waals surface area (Å²) in [7, 11) is 1.67. The van der Waals surface area contributed by atoms with Crippen molar-refractivity contribution >= 4 is 6.08 Å². The van der Waals surface area contributed by atoms with Gasteiger partial charge in [0.15, 0.2) is 0 Å². The van der Waals surface area contributed by atoms with Gasteiger partial charge in [0.05, 0.1) is 13.7 Å². The molecule has 2 heteroatoms. The molecule has 0 heterocycles. The smallest absolute Gasteiger partial charge is 0.121 e. The maximum atomic E-state index is 9.06. The number of methoxy groups -OCH3 is 1. The number of ether oxygens (including phenoxy) is 1. The number of hydrogen-bond donors (Lipinski definition) is 1. The van der Waals surface area contributed by atoms with E-state index in [0.717, 1.165) is 28.9 Å². The van der Waals surface area contributed by atoms with E-state index in [0.29, 0.717) is 0 Å². The molecular weight excluding hydrogens is 188 g/mol. The molecule has 0 aliphatic heterocycles. The quantitative estimate of drug-likeness (QED) is 0.820. The highest BCUT2D eigenvalue weighted by atomic mass is 16.5. The van der Waals surface area contributed by atoms with Crippen molar-refractivity contribution in [2.75, 3.05) is 13.7 Å². The maximum Gasteiger partial charge on any atom is 0.121 e. The van der Waals surface area contributed by atoms with Crippen molar-refractivity contribution in [1.29, 1.82) is 0 Å². The third kappa shape index (κ3) is 3.10. The molecule has 0 atom stereocenters. The van der Waals surface area contributed by atoms with Gasteiger partial charge in [-0.3, -0.25) is 0 Å². The molecule has 1 aromatic carbocycles. The lowest BCUT2D eigenvalue weighted by Crippen LogP contribution is -1.90. The number of rotatable bonds is 4. The van der Waals surface area contributed by atoms with Crippen LogP contribution in [0.25, 0.3) is 6.08 Å². The summed E-state index contributed by atoms with van der Waals surface area (Å²) in [5.41, 5.74) is 3.26. The number of aryl methyl sites for hydroxylation is 1. The zero-order valence-corrected chi connectivity index (χ0v) is 9.58. The van der Waals surface area contributed by atoms with E-state index in [4.69, 9.17) is 9.84 Å². The van der Waals surface area contributed by atoms with E-state index in [1.54, 1.807) is 7.11 Å². The minimum atomic E-state index is 0.127. The second-order valence-corrected chi connectivity index (χ2v) is 3.54. The minimum absolute atomic E-state index is 0.127. The minimum Gasteiger partial charge on any atom is -0.496 e. The second kappa shape index (κ2) is 5.56. The molecule has 0 unspecified atom stereocenters. The molecule has 1 rings (SSSR count). The lowest BCUT2D eigenvalue weighted by molar-refractivity contribution is 0.329. The lowest BCUT2D eigenvalue weighted by atomic mass is 10.1. The van der Waals surface area contributed by atoms with Crippen LogP contribution in [-0.2, 0) is 0 Å². The molecule has 0 bridgehead atoms. The monoisotopic (exact) mass is 206 g/mol. The lowest BCUT2D eigenvalue weighted by Gasteiger charge is -2.06. The Morgan fingerprint density at radius 2 is 2.20 bits per heavy atom. The first kappa shape index (κ1) is 11.8. The van der Waals surface area contributed by atoms with E-state index in [-0.39, 0.29) is 6.61 Å². The third-order valence-electron chi connectivity index (χ3n) is 2.45.